The SMILES string of the molecule is COCCCn1cc(C)nc1Nc1c(C)cc(C)cc1C. The number of nitrogens with zero attached hydrogens (tertiary/aromatic N) is 2. The van der Waals surface area contributed by atoms with Crippen molar-refractivity contribution in [2.24, 2.45) is 0 Å². The van der Waals surface area contributed by atoms with Crippen molar-refractivity contribution in [1.82, 2.24) is 9.55 Å². The second-order valence-electron chi connectivity index (χ2n) is 5.64. The molecule has 2 rings (SSSR count). The molecule has 0 bridgehead atoms. The highest BCUT2D eigenvalue weighted by atomic mass is 16.5. The molecule has 1 aromatic heterocycles. The maximum absolute atomic E-state index is 5.13. The summed E-state index contributed by atoms with van der Waals surface area (Å²) in [5, 5.41) is 3.50. The van der Waals surface area contributed by atoms with Gasteiger partial charge in [0.1, 0.15) is 0 Å². The van der Waals surface area contributed by atoms with Gasteiger partial charge >= 0.3 is 0 Å². The molecule has 21 heavy (non-hydrogen) atoms. The van der Waals surface area contributed by atoms with Gasteiger partial charge in [-0.25, -0.2) is 4.98 Å². The monoisotopic (exact) mass is 287 g/mol. The number of anilines is 2. The van der Waals surface area contributed by atoms with Crippen LogP contribution >= 0.6 is 0 Å². The van der Waals surface area contributed by atoms with Gasteiger partial charge in [0.25, 0.3) is 0 Å². The van der Waals surface area contributed by atoms with Crippen LogP contribution in [0.5, 0.6) is 0 Å². The van der Waals surface area contributed by atoms with Crippen molar-refractivity contribution in [3.05, 3.63) is 40.7 Å². The van der Waals surface area contributed by atoms with Crippen molar-refractivity contribution >= 4 is 11.6 Å². The molecule has 114 valence electrons. The van der Waals surface area contributed by atoms with Crippen molar-refractivity contribution in [3.63, 3.8) is 0 Å². The van der Waals surface area contributed by atoms with Crippen LogP contribution in [0.1, 0.15) is 28.8 Å². The quantitative estimate of drug-likeness (QED) is 0.819. The van der Waals surface area contributed by atoms with E-state index >= 15 is 0 Å². The lowest BCUT2D eigenvalue weighted by atomic mass is 10.1. The van der Waals surface area contributed by atoms with Gasteiger partial charge in [-0.05, 0) is 45.2 Å². The number of aryl methyl sites for hydroxylation is 5. The number of ether oxygens (including phenoxy) is 1. The van der Waals surface area contributed by atoms with Gasteiger partial charge in [-0.1, -0.05) is 17.7 Å². The van der Waals surface area contributed by atoms with Crippen LogP contribution in [0.3, 0.4) is 0 Å². The van der Waals surface area contributed by atoms with E-state index < -0.39 is 0 Å². The van der Waals surface area contributed by atoms with Gasteiger partial charge in [0, 0.05) is 32.1 Å². The minimum atomic E-state index is 0.763. The fourth-order valence-electron chi connectivity index (χ4n) is 2.69. The number of benzene rings is 1. The summed E-state index contributed by atoms with van der Waals surface area (Å²) in [5.41, 5.74) is 5.96. The summed E-state index contributed by atoms with van der Waals surface area (Å²) in [6.07, 6.45) is 3.06. The number of hydrogen-bond donors (Lipinski definition) is 1. The Morgan fingerprint density at radius 2 is 1.81 bits per heavy atom. The van der Waals surface area contributed by atoms with E-state index in [0.29, 0.717) is 0 Å². The Labute approximate surface area is 127 Å². The molecule has 0 fully saturated rings. The van der Waals surface area contributed by atoms with Crippen LogP contribution in [0.2, 0.25) is 0 Å². The third kappa shape index (κ3) is 3.85. The van der Waals surface area contributed by atoms with Gasteiger partial charge in [0.05, 0.1) is 5.69 Å². The maximum atomic E-state index is 5.13. The zero-order chi connectivity index (χ0) is 15.4. The number of methoxy groups -OCH3 is 1. The fourth-order valence-corrected chi connectivity index (χ4v) is 2.69. The van der Waals surface area contributed by atoms with Gasteiger partial charge in [-0.3, -0.25) is 0 Å². The molecule has 1 N–H and O–H groups in total. The summed E-state index contributed by atoms with van der Waals surface area (Å²) in [7, 11) is 1.73. The lowest BCUT2D eigenvalue weighted by Gasteiger charge is -2.14. The highest BCUT2D eigenvalue weighted by Crippen LogP contribution is 2.25. The first-order valence-corrected chi connectivity index (χ1v) is 7.39. The number of aromatic nitrogens is 2. The van der Waals surface area contributed by atoms with Gasteiger partial charge in [-0.2, -0.15) is 0 Å². The van der Waals surface area contributed by atoms with Crippen LogP contribution in [0.15, 0.2) is 18.3 Å². The predicted molar refractivity (Wildman–Crippen MR) is 87.4 cm³/mol. The number of hydrogen-bond acceptors (Lipinski definition) is 3. The highest BCUT2D eigenvalue weighted by molar-refractivity contribution is 5.64. The van der Waals surface area contributed by atoms with E-state index in [2.05, 4.69) is 54.0 Å². The summed E-state index contributed by atoms with van der Waals surface area (Å²) in [4.78, 5) is 4.60. The standard InChI is InChI=1S/C17H25N3O/c1-12-9-13(2)16(14(3)10-12)19-17-18-15(4)11-20(17)7-6-8-21-5/h9-11H,6-8H2,1-5H3,(H,18,19). The molecule has 0 amide bonds. The first-order valence-electron chi connectivity index (χ1n) is 7.39. The molecule has 0 saturated carbocycles. The molecule has 2 aromatic rings. The molecule has 0 aliphatic carbocycles. The van der Waals surface area contributed by atoms with Gasteiger partial charge in [-0.15, -0.1) is 0 Å². The zero-order valence-corrected chi connectivity index (χ0v) is 13.7. The van der Waals surface area contributed by atoms with E-state index in [4.69, 9.17) is 4.74 Å². The summed E-state index contributed by atoms with van der Waals surface area (Å²) in [5.74, 6) is 0.902. The number of nitrogens with one attached hydrogen (secondary N) is 1. The Morgan fingerprint density at radius 3 is 2.43 bits per heavy atom. The van der Waals surface area contributed by atoms with E-state index in [9.17, 15) is 0 Å². The second-order valence-corrected chi connectivity index (χ2v) is 5.64. The molecule has 1 heterocycles. The molecule has 4 heteroatoms. The molecule has 0 atom stereocenters. The van der Waals surface area contributed by atoms with E-state index in [1.165, 1.54) is 16.7 Å². The Hall–Kier alpha value is -1.81. The number of imidazole rings is 1. The van der Waals surface area contributed by atoms with Crippen molar-refractivity contribution in [1.29, 1.82) is 0 Å². The fraction of sp³-hybridized carbons (Fsp3) is 0.471. The van der Waals surface area contributed by atoms with Gasteiger partial charge < -0.3 is 14.6 Å². The highest BCUT2D eigenvalue weighted by Gasteiger charge is 2.09. The van der Waals surface area contributed by atoms with Crippen LogP contribution in [0.4, 0.5) is 11.6 Å². The van der Waals surface area contributed by atoms with Crippen molar-refractivity contribution < 1.29 is 4.74 Å². The Bertz CT molecular complexity index is 593. The summed E-state index contributed by atoms with van der Waals surface area (Å²) >= 11 is 0. The van der Waals surface area contributed by atoms with Crippen LogP contribution in [-0.2, 0) is 11.3 Å². The van der Waals surface area contributed by atoms with E-state index in [0.717, 1.165) is 36.9 Å². The van der Waals surface area contributed by atoms with E-state index in [1.807, 2.05) is 6.92 Å². The third-order valence-corrected chi connectivity index (χ3v) is 3.56. The molecule has 0 radical (unpaired) electrons. The van der Waals surface area contributed by atoms with Crippen LogP contribution < -0.4 is 5.32 Å². The molecule has 0 spiro atoms. The summed E-state index contributed by atoms with van der Waals surface area (Å²) in [6, 6.07) is 4.39. The molecular weight excluding hydrogens is 262 g/mol. The van der Waals surface area contributed by atoms with Crippen LogP contribution in [0, 0.1) is 27.7 Å². The summed E-state index contributed by atoms with van der Waals surface area (Å²) in [6.45, 7) is 10.1. The lowest BCUT2D eigenvalue weighted by Crippen LogP contribution is -2.07. The molecule has 0 saturated heterocycles. The lowest BCUT2D eigenvalue weighted by molar-refractivity contribution is 0.190. The maximum Gasteiger partial charge on any atom is 0.207 e. The van der Waals surface area contributed by atoms with Crippen LogP contribution in [-0.4, -0.2) is 23.3 Å². The molecular formula is C17H25N3O. The first-order chi connectivity index (χ1) is 10.0. The molecule has 0 unspecified atom stereocenters. The normalized spacial score (nSPS) is 10.9. The molecule has 1 aromatic carbocycles. The zero-order valence-electron chi connectivity index (χ0n) is 13.7. The minimum absolute atomic E-state index is 0.763. The smallest absolute Gasteiger partial charge is 0.207 e. The largest absolute Gasteiger partial charge is 0.385 e. The van der Waals surface area contributed by atoms with Crippen molar-refractivity contribution in [2.45, 2.75) is 40.7 Å². The average molecular weight is 287 g/mol. The first kappa shape index (κ1) is 15.6. The predicted octanol–water partition coefficient (Wildman–Crippen LogP) is 3.90. The van der Waals surface area contributed by atoms with Gasteiger partial charge in [0.2, 0.25) is 5.95 Å². The van der Waals surface area contributed by atoms with Crippen LogP contribution in [0.25, 0.3) is 0 Å². The minimum Gasteiger partial charge on any atom is -0.385 e. The van der Waals surface area contributed by atoms with Crippen molar-refractivity contribution in [3.8, 4) is 0 Å². The Balaban J connectivity index is 2.23. The third-order valence-electron chi connectivity index (χ3n) is 3.56. The second kappa shape index (κ2) is 6.76. The Kier molecular flexibility index (Phi) is 5.02. The average Bonchev–Trinajstić information content (AvgIpc) is 2.74. The molecule has 0 aliphatic rings. The van der Waals surface area contributed by atoms with E-state index in [1.54, 1.807) is 7.11 Å². The van der Waals surface area contributed by atoms with E-state index in [-0.39, 0.29) is 0 Å². The number of rotatable bonds is 6. The van der Waals surface area contributed by atoms with Gasteiger partial charge in [0.15, 0.2) is 0 Å². The topological polar surface area (TPSA) is 39.1 Å². The molecule has 4 nitrogen and oxygen atoms in total. The Morgan fingerprint density at radius 1 is 1.14 bits per heavy atom. The summed E-state index contributed by atoms with van der Waals surface area (Å²) < 4.78 is 7.29. The molecule has 0 aliphatic heterocycles. The van der Waals surface area contributed by atoms with Crippen molar-refractivity contribution in [2.75, 3.05) is 19.0 Å².